The average molecular weight is 468 g/mol. The number of piperidine rings is 1. The molecular weight excluding hydrogens is 442 g/mol. The van der Waals surface area contributed by atoms with Gasteiger partial charge in [-0.05, 0) is 43.2 Å². The number of imide groups is 1. The molecule has 2 aromatic rings. The summed E-state index contributed by atoms with van der Waals surface area (Å²) in [5, 5.41) is 3.03. The van der Waals surface area contributed by atoms with Gasteiger partial charge in [0.05, 0.1) is 27.8 Å². The number of likely N-dealkylation sites (tertiary alicyclic amines) is 1. The van der Waals surface area contributed by atoms with Crippen molar-refractivity contribution in [1.29, 1.82) is 0 Å². The van der Waals surface area contributed by atoms with Crippen molar-refractivity contribution in [2.24, 2.45) is 11.3 Å². The Balaban J connectivity index is 1.47. The average Bonchev–Trinajstić information content (AvgIpc) is 3.03. The molecule has 0 aromatic heterocycles. The van der Waals surface area contributed by atoms with Crippen LogP contribution in [0.1, 0.15) is 54.3 Å². The van der Waals surface area contributed by atoms with Crippen molar-refractivity contribution in [3.05, 3.63) is 58.6 Å². The van der Waals surface area contributed by atoms with E-state index >= 15 is 0 Å². The summed E-state index contributed by atoms with van der Waals surface area (Å²) < 4.78 is 0. The number of carbonyl (C=O) groups is 4. The smallest absolute Gasteiger partial charge is 0.266 e. The molecule has 1 N–H and O–H groups in total. The molecule has 0 spiro atoms. The lowest BCUT2D eigenvalue weighted by molar-refractivity contribution is -0.142. The van der Waals surface area contributed by atoms with Crippen molar-refractivity contribution in [3.63, 3.8) is 0 Å². The minimum absolute atomic E-state index is 0.0355. The molecule has 1 unspecified atom stereocenters. The standard InChI is InChI=1S/C25H26ClN3O4/c1-25(2,3)24(33)28-12-6-7-15(14-28)21(30)27-16-10-11-20(19(26)13-16)29-22(31)17-8-4-5-9-18(17)23(29)32/h4-5,8-11,13,15H,6-7,12,14H2,1-3H3,(H,27,30). The topological polar surface area (TPSA) is 86.8 Å². The lowest BCUT2D eigenvalue weighted by Crippen LogP contribution is -2.47. The zero-order valence-corrected chi connectivity index (χ0v) is 19.6. The Morgan fingerprint density at radius 2 is 1.67 bits per heavy atom. The van der Waals surface area contributed by atoms with Crippen molar-refractivity contribution in [1.82, 2.24) is 4.90 Å². The van der Waals surface area contributed by atoms with Crippen molar-refractivity contribution >= 4 is 46.6 Å². The number of nitrogens with one attached hydrogen (secondary N) is 1. The SMILES string of the molecule is CC(C)(C)C(=O)N1CCCC(C(=O)Nc2ccc(N3C(=O)c4ccccc4C3=O)c(Cl)c2)C1. The van der Waals surface area contributed by atoms with Crippen LogP contribution in [0.25, 0.3) is 0 Å². The highest BCUT2D eigenvalue weighted by Crippen LogP contribution is 2.35. The van der Waals surface area contributed by atoms with Crippen LogP contribution in [-0.2, 0) is 9.59 Å². The van der Waals surface area contributed by atoms with Crippen LogP contribution < -0.4 is 10.2 Å². The first kappa shape index (κ1) is 23.0. The Labute approximate surface area is 197 Å². The summed E-state index contributed by atoms with van der Waals surface area (Å²) in [6, 6.07) is 11.3. The van der Waals surface area contributed by atoms with Crippen LogP contribution >= 0.6 is 11.6 Å². The number of amides is 4. The molecule has 0 aliphatic carbocycles. The Kier molecular flexibility index (Phi) is 6.01. The zero-order chi connectivity index (χ0) is 23.9. The normalized spacial score (nSPS) is 18.4. The third kappa shape index (κ3) is 4.37. The van der Waals surface area contributed by atoms with E-state index in [1.54, 1.807) is 41.3 Å². The second-order valence-corrected chi connectivity index (χ2v) is 9.89. The first-order valence-electron chi connectivity index (χ1n) is 11.0. The van der Waals surface area contributed by atoms with E-state index in [1.807, 2.05) is 20.8 Å². The number of halogens is 1. The summed E-state index contributed by atoms with van der Waals surface area (Å²) in [7, 11) is 0. The lowest BCUT2D eigenvalue weighted by atomic mass is 9.91. The molecule has 1 atom stereocenters. The van der Waals surface area contributed by atoms with Crippen LogP contribution in [0, 0.1) is 11.3 Å². The van der Waals surface area contributed by atoms with Gasteiger partial charge >= 0.3 is 0 Å². The number of hydrogen-bond acceptors (Lipinski definition) is 4. The molecule has 0 radical (unpaired) electrons. The van der Waals surface area contributed by atoms with Gasteiger partial charge in [0.2, 0.25) is 11.8 Å². The summed E-state index contributed by atoms with van der Waals surface area (Å²) in [6.07, 6.45) is 1.46. The van der Waals surface area contributed by atoms with Crippen LogP contribution in [0.2, 0.25) is 5.02 Å². The van der Waals surface area contributed by atoms with Gasteiger partial charge in [-0.15, -0.1) is 0 Å². The van der Waals surface area contributed by atoms with Crippen molar-refractivity contribution in [2.45, 2.75) is 33.6 Å². The molecule has 4 rings (SSSR count). The van der Waals surface area contributed by atoms with Gasteiger partial charge in [-0.25, -0.2) is 4.90 Å². The first-order valence-corrected chi connectivity index (χ1v) is 11.3. The van der Waals surface area contributed by atoms with Crippen molar-refractivity contribution in [3.8, 4) is 0 Å². The third-order valence-corrected chi connectivity index (χ3v) is 6.27. The van der Waals surface area contributed by atoms with Gasteiger partial charge in [-0.3, -0.25) is 19.2 Å². The van der Waals surface area contributed by atoms with Crippen molar-refractivity contribution in [2.75, 3.05) is 23.3 Å². The molecule has 7 nitrogen and oxygen atoms in total. The fraction of sp³-hybridized carbons (Fsp3) is 0.360. The van der Waals surface area contributed by atoms with E-state index in [0.29, 0.717) is 36.3 Å². The number of hydrogen-bond donors (Lipinski definition) is 1. The molecule has 0 saturated carbocycles. The third-order valence-electron chi connectivity index (χ3n) is 5.97. The largest absolute Gasteiger partial charge is 0.341 e. The molecule has 172 valence electrons. The summed E-state index contributed by atoms with van der Waals surface area (Å²) in [5.74, 6) is -1.33. The van der Waals surface area contributed by atoms with Gasteiger partial charge in [-0.2, -0.15) is 0 Å². The maximum Gasteiger partial charge on any atom is 0.266 e. The minimum Gasteiger partial charge on any atom is -0.341 e. The van der Waals surface area contributed by atoms with Gasteiger partial charge in [0.15, 0.2) is 0 Å². The number of benzene rings is 2. The Morgan fingerprint density at radius 3 is 2.24 bits per heavy atom. The summed E-state index contributed by atoms with van der Waals surface area (Å²) in [6.45, 7) is 6.65. The second-order valence-electron chi connectivity index (χ2n) is 9.49. The van der Waals surface area contributed by atoms with Gasteiger partial charge < -0.3 is 10.2 Å². The van der Waals surface area contributed by atoms with Crippen LogP contribution in [-0.4, -0.2) is 41.6 Å². The van der Waals surface area contributed by atoms with Gasteiger partial charge in [-0.1, -0.05) is 44.5 Å². The van der Waals surface area contributed by atoms with E-state index in [2.05, 4.69) is 5.32 Å². The zero-order valence-electron chi connectivity index (χ0n) is 18.9. The maximum absolute atomic E-state index is 12.9. The molecule has 2 aliphatic heterocycles. The van der Waals surface area contributed by atoms with E-state index < -0.39 is 17.2 Å². The summed E-state index contributed by atoms with van der Waals surface area (Å²) >= 11 is 6.42. The minimum atomic E-state index is -0.494. The van der Waals surface area contributed by atoms with Gasteiger partial charge in [0, 0.05) is 24.2 Å². The van der Waals surface area contributed by atoms with Gasteiger partial charge in [0.1, 0.15) is 0 Å². The number of carbonyl (C=O) groups excluding carboxylic acids is 4. The molecule has 2 aliphatic rings. The number of rotatable bonds is 3. The molecule has 33 heavy (non-hydrogen) atoms. The highest BCUT2D eigenvalue weighted by molar-refractivity contribution is 6.40. The molecule has 1 fully saturated rings. The van der Waals surface area contributed by atoms with E-state index in [9.17, 15) is 19.2 Å². The van der Waals surface area contributed by atoms with Crippen LogP contribution in [0.5, 0.6) is 0 Å². The fourth-order valence-corrected chi connectivity index (χ4v) is 4.53. The van der Waals surface area contributed by atoms with Gasteiger partial charge in [0.25, 0.3) is 11.8 Å². The van der Waals surface area contributed by atoms with Crippen molar-refractivity contribution < 1.29 is 19.2 Å². The summed E-state index contributed by atoms with van der Waals surface area (Å²) in [5.41, 5.74) is 0.904. The van der Waals surface area contributed by atoms with Crippen LogP contribution in [0.4, 0.5) is 11.4 Å². The quantitative estimate of drug-likeness (QED) is 0.679. The molecule has 2 heterocycles. The highest BCUT2D eigenvalue weighted by Gasteiger charge is 2.37. The molecule has 1 saturated heterocycles. The molecule has 0 bridgehead atoms. The number of fused-ring (bicyclic) bond motifs is 1. The molecular formula is C25H26ClN3O4. The molecule has 4 amide bonds. The second kappa shape index (κ2) is 8.63. The molecule has 2 aromatic carbocycles. The Morgan fingerprint density at radius 1 is 1.03 bits per heavy atom. The number of nitrogens with zero attached hydrogens (tertiary/aromatic N) is 2. The predicted molar refractivity (Wildman–Crippen MR) is 126 cm³/mol. The first-order chi connectivity index (χ1) is 15.6. The lowest BCUT2D eigenvalue weighted by Gasteiger charge is -2.35. The van der Waals surface area contributed by atoms with E-state index in [1.165, 1.54) is 6.07 Å². The molecule has 8 heteroatoms. The highest BCUT2D eigenvalue weighted by atomic mass is 35.5. The van der Waals surface area contributed by atoms with E-state index in [4.69, 9.17) is 11.6 Å². The maximum atomic E-state index is 12.9. The van der Waals surface area contributed by atoms with E-state index in [-0.39, 0.29) is 28.4 Å². The number of anilines is 2. The predicted octanol–water partition coefficient (Wildman–Crippen LogP) is 4.36. The van der Waals surface area contributed by atoms with Crippen LogP contribution in [0.15, 0.2) is 42.5 Å². The van der Waals surface area contributed by atoms with E-state index in [0.717, 1.165) is 11.3 Å². The Bertz CT molecular complexity index is 1120. The monoisotopic (exact) mass is 467 g/mol. The summed E-state index contributed by atoms with van der Waals surface area (Å²) in [4.78, 5) is 53.8. The Hall–Kier alpha value is -3.19. The van der Waals surface area contributed by atoms with Crippen LogP contribution in [0.3, 0.4) is 0 Å². The fourth-order valence-electron chi connectivity index (χ4n) is 4.27.